The topological polar surface area (TPSA) is 30.7 Å². The highest BCUT2D eigenvalue weighted by Gasteiger charge is 2.58. The Bertz CT molecular complexity index is 2190. The van der Waals surface area contributed by atoms with Gasteiger partial charge in [0.1, 0.15) is 0 Å². The van der Waals surface area contributed by atoms with Crippen LogP contribution in [-0.4, -0.2) is 14.5 Å². The third-order valence-electron chi connectivity index (χ3n) is 14.8. The van der Waals surface area contributed by atoms with Crippen LogP contribution < -0.4 is 0 Å². The van der Waals surface area contributed by atoms with E-state index in [1.54, 1.807) is 0 Å². The van der Waals surface area contributed by atoms with Gasteiger partial charge in [0.25, 0.3) is 0 Å². The van der Waals surface area contributed by atoms with Gasteiger partial charge in [0, 0.05) is 21.7 Å². The van der Waals surface area contributed by atoms with Gasteiger partial charge in [-0.05, 0) is 85.1 Å². The fourth-order valence-corrected chi connectivity index (χ4v) is 9.28. The molecular weight excluding hydrogens is 571 g/mol. The van der Waals surface area contributed by atoms with Gasteiger partial charge in [0.2, 0.25) is 5.95 Å². The van der Waals surface area contributed by atoms with Gasteiger partial charge >= 0.3 is 0 Å². The predicted molar refractivity (Wildman–Crippen MR) is 199 cm³/mol. The summed E-state index contributed by atoms with van der Waals surface area (Å²) in [6, 6.07) is 29.1. The second kappa shape index (κ2) is 8.92. The summed E-state index contributed by atoms with van der Waals surface area (Å²) in [5, 5.41) is 3.65. The molecule has 6 aromatic rings. The Kier molecular flexibility index (Phi) is 5.76. The molecule has 47 heavy (non-hydrogen) atoms. The van der Waals surface area contributed by atoms with Crippen LogP contribution in [0.3, 0.4) is 0 Å². The Morgan fingerprint density at radius 1 is 0.447 bits per heavy atom. The third-order valence-corrected chi connectivity index (χ3v) is 14.8. The molecule has 2 aromatic heterocycles. The van der Waals surface area contributed by atoms with Crippen LogP contribution in [0.5, 0.6) is 0 Å². The molecule has 0 spiro atoms. The zero-order valence-corrected chi connectivity index (χ0v) is 30.3. The summed E-state index contributed by atoms with van der Waals surface area (Å²) in [6.45, 7) is 29.3. The molecule has 0 fully saturated rings. The highest BCUT2D eigenvalue weighted by Crippen LogP contribution is 2.64. The summed E-state index contributed by atoms with van der Waals surface area (Å²) < 4.78 is 2.38. The number of para-hydroxylation sites is 1. The first-order chi connectivity index (χ1) is 21.9. The molecule has 0 atom stereocenters. The van der Waals surface area contributed by atoms with Gasteiger partial charge in [0.05, 0.1) is 22.2 Å². The third kappa shape index (κ3) is 3.48. The number of benzene rings is 4. The number of hydrogen-bond donors (Lipinski definition) is 0. The Hall–Kier alpha value is -3.98. The van der Waals surface area contributed by atoms with Crippen LogP contribution in [0.4, 0.5) is 0 Å². The lowest BCUT2D eigenvalue weighted by molar-refractivity contribution is 0.125. The lowest BCUT2D eigenvalue weighted by atomic mass is 9.59. The molecular formula is C44H49N3. The van der Waals surface area contributed by atoms with Crippen molar-refractivity contribution in [1.29, 1.82) is 0 Å². The van der Waals surface area contributed by atoms with E-state index < -0.39 is 0 Å². The number of hydrogen-bond acceptors (Lipinski definition) is 2. The van der Waals surface area contributed by atoms with E-state index in [9.17, 15) is 0 Å². The van der Waals surface area contributed by atoms with E-state index >= 15 is 0 Å². The molecule has 0 saturated heterocycles. The molecule has 0 N–H and O–H groups in total. The molecule has 3 nitrogen and oxygen atoms in total. The average molecular weight is 620 g/mol. The predicted octanol–water partition coefficient (Wildman–Crippen LogP) is 11.6. The lowest BCUT2D eigenvalue weighted by Gasteiger charge is -2.44. The van der Waals surface area contributed by atoms with E-state index in [1.807, 2.05) is 0 Å². The quantitative estimate of drug-likeness (QED) is 0.193. The minimum absolute atomic E-state index is 0.00829. The summed E-state index contributed by atoms with van der Waals surface area (Å²) in [7, 11) is 0. The normalized spacial score (nSPS) is 20.9. The Labute approximate surface area is 280 Å². The molecule has 0 aliphatic heterocycles. The summed E-state index contributed by atoms with van der Waals surface area (Å²) in [6.07, 6.45) is 0. The van der Waals surface area contributed by atoms with Gasteiger partial charge in [-0.15, -0.1) is 0 Å². The van der Waals surface area contributed by atoms with Gasteiger partial charge in [-0.2, -0.15) is 0 Å². The minimum Gasteiger partial charge on any atom is -0.278 e. The van der Waals surface area contributed by atoms with Crippen molar-refractivity contribution in [3.05, 3.63) is 101 Å². The van der Waals surface area contributed by atoms with Crippen LogP contribution in [-0.2, 0) is 21.7 Å². The number of fused-ring (bicyclic) bond motifs is 6. The maximum Gasteiger partial charge on any atom is 0.235 e. The molecule has 0 unspecified atom stereocenters. The smallest absolute Gasteiger partial charge is 0.235 e. The molecule has 240 valence electrons. The van der Waals surface area contributed by atoms with Crippen LogP contribution in [0.1, 0.15) is 105 Å². The SMILES string of the molecule is CC1(C)c2cc3c4cc5c(cc4n(-c4nc(-c6ccccc6)c6ccccc6n4)c3cc2C(C)(C)C1(C)C)C(C)(C)C(C)(C)C5(C)C. The molecule has 4 aromatic carbocycles. The maximum atomic E-state index is 5.44. The summed E-state index contributed by atoms with van der Waals surface area (Å²) in [5.41, 5.74) is 11.3. The Balaban J connectivity index is 1.55. The first kappa shape index (κ1) is 30.4. The molecule has 8 rings (SSSR count). The van der Waals surface area contributed by atoms with Crippen LogP contribution >= 0.6 is 0 Å². The molecule has 0 radical (unpaired) electrons. The lowest BCUT2D eigenvalue weighted by Crippen LogP contribution is -2.42. The van der Waals surface area contributed by atoms with Crippen LogP contribution in [0.15, 0.2) is 78.9 Å². The van der Waals surface area contributed by atoms with Crippen LogP contribution in [0, 0.1) is 10.8 Å². The van der Waals surface area contributed by atoms with E-state index in [2.05, 4.69) is 167 Å². The number of aromatic nitrogens is 3. The van der Waals surface area contributed by atoms with E-state index in [1.165, 1.54) is 44.1 Å². The Morgan fingerprint density at radius 2 is 0.872 bits per heavy atom. The fraction of sp³-hybridized carbons (Fsp3) is 0.409. The molecule has 0 bridgehead atoms. The fourth-order valence-electron chi connectivity index (χ4n) is 9.28. The summed E-state index contributed by atoms with van der Waals surface area (Å²) in [4.78, 5) is 10.8. The number of rotatable bonds is 2. The van der Waals surface area contributed by atoms with Crippen molar-refractivity contribution in [2.75, 3.05) is 0 Å². The minimum atomic E-state index is -0.0173. The van der Waals surface area contributed by atoms with Gasteiger partial charge in [0.15, 0.2) is 0 Å². The zero-order chi connectivity index (χ0) is 33.7. The van der Waals surface area contributed by atoms with Crippen molar-refractivity contribution in [2.45, 2.75) is 105 Å². The number of nitrogens with zero attached hydrogens (tertiary/aromatic N) is 3. The van der Waals surface area contributed by atoms with Crippen molar-refractivity contribution in [3.8, 4) is 17.2 Å². The van der Waals surface area contributed by atoms with Crippen LogP contribution in [0.25, 0.3) is 49.9 Å². The molecule has 2 heterocycles. The standard InChI is InChI=1S/C44H49N3/c1-39(2)30-22-28-29-23-31-33(42(7,8)44(11,12)40(31,3)4)25-36(29)47(35(28)24-32(30)41(5,6)43(39,9)10)38-45-34-21-17-16-20-27(34)37(46-38)26-18-14-13-15-19-26/h13-25H,1-12H3. The van der Waals surface area contributed by atoms with Crippen molar-refractivity contribution in [3.63, 3.8) is 0 Å². The largest absolute Gasteiger partial charge is 0.278 e. The summed E-state index contributed by atoms with van der Waals surface area (Å²) >= 11 is 0. The highest BCUT2D eigenvalue weighted by atomic mass is 15.2. The highest BCUT2D eigenvalue weighted by molar-refractivity contribution is 6.11. The second-order valence-electron chi connectivity index (χ2n) is 17.7. The van der Waals surface area contributed by atoms with Gasteiger partial charge in [-0.3, -0.25) is 4.57 Å². The van der Waals surface area contributed by atoms with Crippen molar-refractivity contribution < 1.29 is 0 Å². The monoisotopic (exact) mass is 619 g/mol. The maximum absolute atomic E-state index is 5.44. The van der Waals surface area contributed by atoms with Crippen LogP contribution in [0.2, 0.25) is 0 Å². The van der Waals surface area contributed by atoms with Crippen molar-refractivity contribution >= 4 is 32.7 Å². The van der Waals surface area contributed by atoms with Gasteiger partial charge in [-0.1, -0.05) is 132 Å². The first-order valence-corrected chi connectivity index (χ1v) is 17.4. The molecule has 2 aliphatic rings. The first-order valence-electron chi connectivity index (χ1n) is 17.4. The van der Waals surface area contributed by atoms with E-state index in [-0.39, 0.29) is 32.5 Å². The molecule has 2 aliphatic carbocycles. The van der Waals surface area contributed by atoms with Crippen molar-refractivity contribution in [2.24, 2.45) is 10.8 Å². The van der Waals surface area contributed by atoms with Gasteiger partial charge < -0.3 is 0 Å². The molecule has 0 saturated carbocycles. The van der Waals surface area contributed by atoms with E-state index in [0.717, 1.165) is 28.1 Å². The van der Waals surface area contributed by atoms with Gasteiger partial charge in [-0.25, -0.2) is 9.97 Å². The second-order valence-corrected chi connectivity index (χ2v) is 17.7. The zero-order valence-electron chi connectivity index (χ0n) is 30.3. The Morgan fingerprint density at radius 3 is 1.36 bits per heavy atom. The molecule has 0 amide bonds. The summed E-state index contributed by atoms with van der Waals surface area (Å²) in [5.74, 6) is 0.728. The van der Waals surface area contributed by atoms with E-state index in [0.29, 0.717) is 0 Å². The average Bonchev–Trinajstić information content (AvgIpc) is 3.43. The molecule has 3 heteroatoms. The van der Waals surface area contributed by atoms with E-state index in [4.69, 9.17) is 9.97 Å². The van der Waals surface area contributed by atoms with Crippen molar-refractivity contribution in [1.82, 2.24) is 14.5 Å².